The largest absolute Gasteiger partial charge is 0.480 e. The summed E-state index contributed by atoms with van der Waals surface area (Å²) in [5.41, 5.74) is 5.01. The average Bonchev–Trinajstić information content (AvgIpc) is 2.03. The van der Waals surface area contributed by atoms with E-state index in [9.17, 15) is 19.2 Å². The summed E-state index contributed by atoms with van der Waals surface area (Å²) >= 11 is 0. The van der Waals surface area contributed by atoms with E-state index in [0.29, 0.717) is 0 Å². The predicted octanol–water partition coefficient (Wildman–Crippen LogP) is -2.23. The van der Waals surface area contributed by atoms with Crippen molar-refractivity contribution in [2.24, 2.45) is 5.73 Å². The van der Waals surface area contributed by atoms with Crippen LogP contribution in [0.3, 0.4) is 0 Å². The lowest BCUT2D eigenvalue weighted by molar-refractivity contribution is -0.140. The maximum atomic E-state index is 10.8. The summed E-state index contributed by atoms with van der Waals surface area (Å²) in [6.45, 7) is 0. The molecule has 0 aliphatic rings. The van der Waals surface area contributed by atoms with Crippen molar-refractivity contribution in [3.05, 3.63) is 0 Å². The second-order valence-corrected chi connectivity index (χ2v) is 2.29. The van der Waals surface area contributed by atoms with Crippen LogP contribution in [0.15, 0.2) is 0 Å². The molecule has 0 rings (SSSR count). The Kier molecular flexibility index (Phi) is 4.86. The van der Waals surface area contributed by atoms with Gasteiger partial charge in [-0.3, -0.25) is 25.0 Å². The Balaban J connectivity index is 3.92. The number of nitrogens with one attached hydrogen (secondary N) is 2. The van der Waals surface area contributed by atoms with Gasteiger partial charge in [-0.15, -0.1) is 0 Å². The highest BCUT2D eigenvalue weighted by Crippen LogP contribution is 1.87. The molecule has 0 fully saturated rings. The maximum Gasteiger partial charge on any atom is 0.327 e. The average molecular weight is 203 g/mol. The third kappa shape index (κ3) is 4.83. The zero-order valence-electron chi connectivity index (χ0n) is 7.02. The Hall–Kier alpha value is -1.96. The number of carbonyl (C=O) groups is 4. The van der Waals surface area contributed by atoms with E-state index >= 15 is 0 Å². The number of carboxylic acids is 1. The maximum absolute atomic E-state index is 10.8. The van der Waals surface area contributed by atoms with Crippen molar-refractivity contribution < 1.29 is 24.3 Å². The highest BCUT2D eigenvalue weighted by atomic mass is 16.4. The number of carboxylic acid groups (broad SMARTS) is 1. The summed E-state index contributed by atoms with van der Waals surface area (Å²) in [7, 11) is 0. The summed E-state index contributed by atoms with van der Waals surface area (Å²) in [6, 6.07) is -2.40. The second-order valence-electron chi connectivity index (χ2n) is 2.29. The van der Waals surface area contributed by atoms with Gasteiger partial charge in [-0.1, -0.05) is 0 Å². The minimum absolute atomic E-state index is 0.0831. The molecule has 0 aromatic rings. The molecule has 78 valence electrons. The van der Waals surface area contributed by atoms with Crippen molar-refractivity contribution in [1.82, 2.24) is 10.6 Å². The summed E-state index contributed by atoms with van der Waals surface area (Å²) in [6.07, 6.45) is -0.457. The first-order chi connectivity index (χ1) is 6.47. The molecule has 0 aliphatic carbocycles. The zero-order chi connectivity index (χ0) is 11.1. The number of hydrogen-bond acceptors (Lipinski definition) is 5. The van der Waals surface area contributed by atoms with Gasteiger partial charge in [0, 0.05) is 0 Å². The van der Waals surface area contributed by atoms with Crippen LogP contribution >= 0.6 is 0 Å². The van der Waals surface area contributed by atoms with Gasteiger partial charge in [0.15, 0.2) is 0 Å². The molecule has 0 aromatic heterocycles. The first-order valence-corrected chi connectivity index (χ1v) is 3.49. The normalized spacial score (nSPS) is 11.2. The molecule has 4 amide bonds. The van der Waals surface area contributed by atoms with E-state index < -0.39 is 30.4 Å². The Morgan fingerprint density at radius 2 is 2.00 bits per heavy atom. The van der Waals surface area contributed by atoms with Crippen molar-refractivity contribution >= 4 is 24.3 Å². The number of imide groups is 2. The Bertz CT molecular complexity index is 264. The topological polar surface area (TPSA) is 139 Å². The van der Waals surface area contributed by atoms with Crippen molar-refractivity contribution in [1.29, 1.82) is 0 Å². The van der Waals surface area contributed by atoms with Gasteiger partial charge in [-0.25, -0.2) is 4.79 Å². The standard InChI is InChI=1S/C6H9N3O5/c7-3(5(12)13)1-4(11)9-6(14)8-2-10/h2-3H,1,7H2,(H,12,13)(H2,8,9,10,11,14). The van der Waals surface area contributed by atoms with E-state index in [-0.39, 0.29) is 6.41 Å². The Morgan fingerprint density at radius 1 is 1.43 bits per heavy atom. The van der Waals surface area contributed by atoms with Gasteiger partial charge in [-0.2, -0.15) is 0 Å². The molecule has 0 saturated heterocycles. The zero-order valence-corrected chi connectivity index (χ0v) is 7.02. The van der Waals surface area contributed by atoms with Gasteiger partial charge in [0.2, 0.25) is 12.3 Å². The second kappa shape index (κ2) is 5.65. The molecule has 1 unspecified atom stereocenters. The third-order valence-corrected chi connectivity index (χ3v) is 1.17. The lowest BCUT2D eigenvalue weighted by atomic mass is 10.2. The van der Waals surface area contributed by atoms with Gasteiger partial charge in [-0.05, 0) is 0 Å². The van der Waals surface area contributed by atoms with E-state index in [1.54, 1.807) is 10.6 Å². The van der Waals surface area contributed by atoms with Gasteiger partial charge in [0.05, 0.1) is 6.42 Å². The minimum atomic E-state index is -1.38. The first kappa shape index (κ1) is 12.0. The van der Waals surface area contributed by atoms with E-state index in [0.717, 1.165) is 0 Å². The van der Waals surface area contributed by atoms with Crippen LogP contribution in [0.25, 0.3) is 0 Å². The fraction of sp³-hybridized carbons (Fsp3) is 0.333. The molecule has 1 atom stereocenters. The highest BCUT2D eigenvalue weighted by molar-refractivity contribution is 5.99. The number of hydrogen-bond donors (Lipinski definition) is 4. The summed E-state index contributed by atoms with van der Waals surface area (Å²) in [5.74, 6) is -2.23. The molecule has 0 aromatic carbocycles. The van der Waals surface area contributed by atoms with Gasteiger partial charge in [0.25, 0.3) is 0 Å². The molecule has 8 heteroatoms. The number of urea groups is 1. The van der Waals surface area contributed by atoms with E-state index in [1.807, 2.05) is 0 Å². The predicted molar refractivity (Wildman–Crippen MR) is 43.0 cm³/mol. The molecule has 0 heterocycles. The highest BCUT2D eigenvalue weighted by Gasteiger charge is 2.17. The van der Waals surface area contributed by atoms with Crippen LogP contribution in [0, 0.1) is 0 Å². The molecule has 0 bridgehead atoms. The van der Waals surface area contributed by atoms with Crippen LogP contribution in [0.5, 0.6) is 0 Å². The molecule has 8 nitrogen and oxygen atoms in total. The fourth-order valence-electron chi connectivity index (χ4n) is 0.554. The Labute approximate surface area is 78.4 Å². The smallest absolute Gasteiger partial charge is 0.327 e. The molecular formula is C6H9N3O5. The molecule has 0 spiro atoms. The molecule has 14 heavy (non-hydrogen) atoms. The van der Waals surface area contributed by atoms with Crippen LogP contribution in [0.2, 0.25) is 0 Å². The number of amides is 4. The van der Waals surface area contributed by atoms with Crippen LogP contribution in [-0.2, 0) is 14.4 Å². The van der Waals surface area contributed by atoms with Gasteiger partial charge < -0.3 is 10.8 Å². The third-order valence-electron chi connectivity index (χ3n) is 1.17. The van der Waals surface area contributed by atoms with E-state index in [1.165, 1.54) is 0 Å². The van der Waals surface area contributed by atoms with Crippen molar-refractivity contribution in [2.75, 3.05) is 0 Å². The summed E-state index contributed by atoms with van der Waals surface area (Å²) < 4.78 is 0. The van der Waals surface area contributed by atoms with E-state index in [4.69, 9.17) is 10.8 Å². The number of aliphatic carboxylic acids is 1. The number of nitrogens with two attached hydrogens (primary N) is 1. The van der Waals surface area contributed by atoms with Crippen LogP contribution in [0.4, 0.5) is 4.79 Å². The van der Waals surface area contributed by atoms with Gasteiger partial charge >= 0.3 is 12.0 Å². The lowest BCUT2D eigenvalue weighted by Gasteiger charge is -2.05. The van der Waals surface area contributed by atoms with Crippen molar-refractivity contribution in [3.63, 3.8) is 0 Å². The van der Waals surface area contributed by atoms with Crippen molar-refractivity contribution in [3.8, 4) is 0 Å². The first-order valence-electron chi connectivity index (χ1n) is 3.49. The molecule has 5 N–H and O–H groups in total. The van der Waals surface area contributed by atoms with Crippen LogP contribution in [0.1, 0.15) is 6.42 Å². The minimum Gasteiger partial charge on any atom is -0.480 e. The fourth-order valence-corrected chi connectivity index (χ4v) is 0.554. The monoisotopic (exact) mass is 203 g/mol. The molecular weight excluding hydrogens is 194 g/mol. The SMILES string of the molecule is NC(CC(=O)NC(=O)NC=O)C(=O)O. The van der Waals surface area contributed by atoms with Gasteiger partial charge in [0.1, 0.15) is 6.04 Å². The summed E-state index contributed by atoms with van der Waals surface area (Å²) in [5, 5.41) is 11.6. The van der Waals surface area contributed by atoms with Crippen molar-refractivity contribution in [2.45, 2.75) is 12.5 Å². The Morgan fingerprint density at radius 3 is 2.43 bits per heavy atom. The lowest BCUT2D eigenvalue weighted by Crippen LogP contribution is -2.42. The molecule has 0 aliphatic heterocycles. The molecule has 0 saturated carbocycles. The summed E-state index contributed by atoms with van der Waals surface area (Å²) in [4.78, 5) is 41.3. The van der Waals surface area contributed by atoms with Crippen LogP contribution in [-0.4, -0.2) is 35.5 Å². The number of rotatable bonds is 4. The van der Waals surface area contributed by atoms with E-state index in [2.05, 4.69) is 0 Å². The molecule has 0 radical (unpaired) electrons. The number of carbonyl (C=O) groups excluding carboxylic acids is 3. The quantitative estimate of drug-likeness (QED) is 0.381. The van der Waals surface area contributed by atoms with Crippen LogP contribution < -0.4 is 16.4 Å².